The average Bonchev–Trinajstić information content (AvgIpc) is 2.41. The summed E-state index contributed by atoms with van der Waals surface area (Å²) >= 11 is 3.49. The molecule has 0 unspecified atom stereocenters. The third-order valence-corrected chi connectivity index (χ3v) is 3.57. The summed E-state index contributed by atoms with van der Waals surface area (Å²) in [6, 6.07) is 8.54. The molecule has 0 aliphatic rings. The maximum absolute atomic E-state index is 4.23. The zero-order valence-electron chi connectivity index (χ0n) is 11.1. The number of hydrogen-bond acceptors (Lipinski definition) is 4. The smallest absolute Gasteiger partial charge is 0.145 e. The second-order valence-electron chi connectivity index (χ2n) is 4.30. The van der Waals surface area contributed by atoms with Crippen molar-refractivity contribution in [1.29, 1.82) is 0 Å². The Balaban J connectivity index is 1.96. The van der Waals surface area contributed by atoms with Gasteiger partial charge in [-0.15, -0.1) is 0 Å². The molecule has 1 aromatic carbocycles. The fourth-order valence-electron chi connectivity index (χ4n) is 1.86. The molecular formula is C14H17BrN4. The van der Waals surface area contributed by atoms with E-state index < -0.39 is 0 Å². The van der Waals surface area contributed by atoms with E-state index >= 15 is 0 Å². The second-order valence-corrected chi connectivity index (χ2v) is 5.09. The Labute approximate surface area is 121 Å². The first-order valence-electron chi connectivity index (χ1n) is 6.18. The quantitative estimate of drug-likeness (QED) is 0.888. The molecule has 0 radical (unpaired) electrons. The van der Waals surface area contributed by atoms with E-state index in [1.165, 1.54) is 11.1 Å². The lowest BCUT2D eigenvalue weighted by Gasteiger charge is -2.10. The highest BCUT2D eigenvalue weighted by molar-refractivity contribution is 9.10. The van der Waals surface area contributed by atoms with E-state index in [1.54, 1.807) is 6.33 Å². The van der Waals surface area contributed by atoms with Crippen LogP contribution in [0.4, 0.5) is 11.6 Å². The van der Waals surface area contributed by atoms with Crippen LogP contribution < -0.4 is 10.6 Å². The highest BCUT2D eigenvalue weighted by atomic mass is 79.9. The predicted molar refractivity (Wildman–Crippen MR) is 82.7 cm³/mol. The van der Waals surface area contributed by atoms with Crippen molar-refractivity contribution in [1.82, 2.24) is 9.97 Å². The lowest BCUT2D eigenvalue weighted by atomic mass is 10.1. The van der Waals surface area contributed by atoms with Crippen molar-refractivity contribution in [3.05, 3.63) is 46.2 Å². The molecule has 4 nitrogen and oxygen atoms in total. The number of nitrogens with one attached hydrogen (secondary N) is 2. The summed E-state index contributed by atoms with van der Waals surface area (Å²) in [5.74, 6) is 1.60. The van der Waals surface area contributed by atoms with E-state index in [9.17, 15) is 0 Å². The Kier molecular flexibility index (Phi) is 4.74. The van der Waals surface area contributed by atoms with E-state index in [0.29, 0.717) is 0 Å². The third kappa shape index (κ3) is 3.67. The molecule has 0 fully saturated rings. The van der Waals surface area contributed by atoms with Gasteiger partial charge in [0.05, 0.1) is 0 Å². The van der Waals surface area contributed by atoms with Crippen LogP contribution in [0.2, 0.25) is 0 Å². The van der Waals surface area contributed by atoms with Gasteiger partial charge in [0.15, 0.2) is 0 Å². The van der Waals surface area contributed by atoms with Crippen LogP contribution in [0.5, 0.6) is 0 Å². The zero-order valence-corrected chi connectivity index (χ0v) is 12.7. The minimum absolute atomic E-state index is 0.785. The Hall–Kier alpha value is -1.62. The van der Waals surface area contributed by atoms with Crippen molar-refractivity contribution >= 4 is 27.6 Å². The SMILES string of the molecule is CNc1ncnc(NCCc2cccc(C)c2)c1Br. The fraction of sp³-hybridized carbons (Fsp3) is 0.286. The molecule has 0 aliphatic carbocycles. The molecule has 1 aromatic heterocycles. The van der Waals surface area contributed by atoms with E-state index in [0.717, 1.165) is 29.1 Å². The monoisotopic (exact) mass is 320 g/mol. The molecule has 2 rings (SSSR count). The van der Waals surface area contributed by atoms with Gasteiger partial charge in [0.1, 0.15) is 22.4 Å². The molecule has 0 atom stereocenters. The van der Waals surface area contributed by atoms with E-state index in [2.05, 4.69) is 67.7 Å². The van der Waals surface area contributed by atoms with Crippen LogP contribution in [0.25, 0.3) is 0 Å². The number of hydrogen-bond donors (Lipinski definition) is 2. The van der Waals surface area contributed by atoms with E-state index in [-0.39, 0.29) is 0 Å². The summed E-state index contributed by atoms with van der Waals surface area (Å²) in [7, 11) is 1.84. The Bertz CT molecular complexity index is 557. The summed E-state index contributed by atoms with van der Waals surface area (Å²) in [6.07, 6.45) is 2.51. The van der Waals surface area contributed by atoms with Crippen molar-refractivity contribution in [3.8, 4) is 0 Å². The summed E-state index contributed by atoms with van der Waals surface area (Å²) < 4.78 is 0.863. The second kappa shape index (κ2) is 6.52. The van der Waals surface area contributed by atoms with Crippen LogP contribution in [0.15, 0.2) is 35.1 Å². The van der Waals surface area contributed by atoms with Crippen LogP contribution in [0.1, 0.15) is 11.1 Å². The van der Waals surface area contributed by atoms with Crippen molar-refractivity contribution in [2.75, 3.05) is 24.2 Å². The molecule has 0 spiro atoms. The zero-order chi connectivity index (χ0) is 13.7. The van der Waals surface area contributed by atoms with Crippen LogP contribution in [-0.4, -0.2) is 23.6 Å². The van der Waals surface area contributed by atoms with Gasteiger partial charge in [0, 0.05) is 13.6 Å². The number of aryl methyl sites for hydroxylation is 1. The molecule has 0 aliphatic heterocycles. The van der Waals surface area contributed by atoms with Crippen molar-refractivity contribution in [2.45, 2.75) is 13.3 Å². The van der Waals surface area contributed by atoms with Gasteiger partial charge in [-0.1, -0.05) is 29.8 Å². The number of anilines is 2. The van der Waals surface area contributed by atoms with Gasteiger partial charge >= 0.3 is 0 Å². The summed E-state index contributed by atoms with van der Waals surface area (Å²) in [4.78, 5) is 8.35. The number of benzene rings is 1. The van der Waals surface area contributed by atoms with E-state index in [1.807, 2.05) is 7.05 Å². The van der Waals surface area contributed by atoms with E-state index in [4.69, 9.17) is 0 Å². The maximum atomic E-state index is 4.23. The summed E-state index contributed by atoms with van der Waals surface area (Å²) in [5.41, 5.74) is 2.62. The predicted octanol–water partition coefficient (Wildman–Crippen LogP) is 3.24. The standard InChI is InChI=1S/C14H17BrN4/c1-10-4-3-5-11(8-10)6-7-17-14-12(15)13(16-2)18-9-19-14/h3-5,8-9H,6-7H2,1-2H3,(H2,16,17,18,19). The van der Waals surface area contributed by atoms with Crippen LogP contribution in [0.3, 0.4) is 0 Å². The van der Waals surface area contributed by atoms with Crippen molar-refractivity contribution < 1.29 is 0 Å². The maximum Gasteiger partial charge on any atom is 0.145 e. The van der Waals surface area contributed by atoms with Gasteiger partial charge in [0.25, 0.3) is 0 Å². The number of nitrogens with zero attached hydrogens (tertiary/aromatic N) is 2. The molecule has 1 heterocycles. The molecule has 0 amide bonds. The largest absolute Gasteiger partial charge is 0.372 e. The Morgan fingerprint density at radius 2 is 2.00 bits per heavy atom. The number of halogens is 1. The highest BCUT2D eigenvalue weighted by Gasteiger charge is 2.06. The lowest BCUT2D eigenvalue weighted by molar-refractivity contribution is 0.993. The van der Waals surface area contributed by atoms with Crippen LogP contribution in [0, 0.1) is 6.92 Å². The molecule has 0 saturated carbocycles. The minimum Gasteiger partial charge on any atom is -0.372 e. The molecule has 2 aromatic rings. The highest BCUT2D eigenvalue weighted by Crippen LogP contribution is 2.25. The molecular weight excluding hydrogens is 304 g/mol. The normalized spacial score (nSPS) is 10.3. The Morgan fingerprint density at radius 3 is 2.74 bits per heavy atom. The van der Waals surface area contributed by atoms with Gasteiger partial charge in [-0.05, 0) is 34.8 Å². The first-order valence-corrected chi connectivity index (χ1v) is 6.97. The van der Waals surface area contributed by atoms with Gasteiger partial charge < -0.3 is 10.6 Å². The molecule has 5 heteroatoms. The topological polar surface area (TPSA) is 49.8 Å². The molecule has 100 valence electrons. The van der Waals surface area contributed by atoms with Gasteiger partial charge in [-0.2, -0.15) is 0 Å². The molecule has 2 N–H and O–H groups in total. The van der Waals surface area contributed by atoms with Crippen molar-refractivity contribution in [2.24, 2.45) is 0 Å². The minimum atomic E-state index is 0.785. The summed E-state index contributed by atoms with van der Waals surface area (Å²) in [6.45, 7) is 2.94. The first kappa shape index (κ1) is 13.8. The first-order chi connectivity index (χ1) is 9.20. The van der Waals surface area contributed by atoms with Gasteiger partial charge in [-0.3, -0.25) is 0 Å². The molecule has 0 saturated heterocycles. The molecule has 19 heavy (non-hydrogen) atoms. The third-order valence-electron chi connectivity index (χ3n) is 2.81. The van der Waals surface area contributed by atoms with Crippen LogP contribution in [-0.2, 0) is 6.42 Å². The van der Waals surface area contributed by atoms with Crippen LogP contribution >= 0.6 is 15.9 Å². The summed E-state index contributed by atoms with van der Waals surface area (Å²) in [5, 5.41) is 6.33. The van der Waals surface area contributed by atoms with Crippen molar-refractivity contribution in [3.63, 3.8) is 0 Å². The fourth-order valence-corrected chi connectivity index (χ4v) is 2.40. The average molecular weight is 321 g/mol. The lowest BCUT2D eigenvalue weighted by Crippen LogP contribution is -2.08. The van der Waals surface area contributed by atoms with Gasteiger partial charge in [0.2, 0.25) is 0 Å². The Morgan fingerprint density at radius 1 is 1.21 bits per heavy atom. The van der Waals surface area contributed by atoms with Gasteiger partial charge in [-0.25, -0.2) is 9.97 Å². The number of aromatic nitrogens is 2. The number of rotatable bonds is 5. The molecule has 0 bridgehead atoms.